The fourth-order valence-electron chi connectivity index (χ4n) is 3.38. The second-order valence-corrected chi connectivity index (χ2v) is 9.53. The van der Waals surface area contributed by atoms with Crippen molar-refractivity contribution in [2.45, 2.75) is 11.3 Å². The zero-order valence-electron chi connectivity index (χ0n) is 17.9. The number of nitrogens with one attached hydrogen (secondary N) is 4. The predicted molar refractivity (Wildman–Crippen MR) is 130 cm³/mol. The van der Waals surface area contributed by atoms with Crippen LogP contribution in [0.4, 0.5) is 20.2 Å². The summed E-state index contributed by atoms with van der Waals surface area (Å²) in [6.45, 7) is 0.504. The summed E-state index contributed by atoms with van der Waals surface area (Å²) in [6, 6.07) is 8.80. The Morgan fingerprint density at radius 2 is 1.91 bits per heavy atom. The second kappa shape index (κ2) is 9.80. The Bertz CT molecular complexity index is 1540. The van der Waals surface area contributed by atoms with Gasteiger partial charge in [-0.25, -0.2) is 22.2 Å². The quantitative estimate of drug-likeness (QED) is 0.141. The van der Waals surface area contributed by atoms with E-state index in [1.54, 1.807) is 0 Å². The maximum Gasteiger partial charge on any atom is 0.261 e. The van der Waals surface area contributed by atoms with Gasteiger partial charge in [-0.05, 0) is 55.1 Å². The lowest BCUT2D eigenvalue weighted by Crippen LogP contribution is -2.16. The molecule has 12 heteroatoms. The van der Waals surface area contributed by atoms with E-state index in [9.17, 15) is 17.6 Å². The van der Waals surface area contributed by atoms with E-state index in [4.69, 9.17) is 17.0 Å². The molecule has 180 valence electrons. The van der Waals surface area contributed by atoms with Crippen LogP contribution in [-0.4, -0.2) is 36.9 Å². The normalized spacial score (nSPS) is 11.4. The number of halogens is 3. The van der Waals surface area contributed by atoms with Gasteiger partial charge in [0.05, 0.1) is 21.2 Å². The molecule has 4 aromatic rings. The summed E-state index contributed by atoms with van der Waals surface area (Å²) in [4.78, 5) is 19.6. The minimum atomic E-state index is -4.25. The molecule has 2 aromatic heterocycles. The third-order valence-corrected chi connectivity index (χ3v) is 6.68. The highest BCUT2D eigenvalue weighted by Gasteiger charge is 2.26. The molecule has 0 aliphatic rings. The zero-order chi connectivity index (χ0) is 25.2. The first kappa shape index (κ1) is 24.3. The van der Waals surface area contributed by atoms with E-state index in [1.165, 1.54) is 48.9 Å². The smallest absolute Gasteiger partial charge is 0.261 e. The lowest BCUT2D eigenvalue weighted by Gasteiger charge is -2.12. The van der Waals surface area contributed by atoms with Crippen molar-refractivity contribution in [2.24, 2.45) is 0 Å². The number of rotatable bonds is 9. The van der Waals surface area contributed by atoms with Crippen LogP contribution >= 0.6 is 11.6 Å². The van der Waals surface area contributed by atoms with E-state index in [-0.39, 0.29) is 20.9 Å². The van der Waals surface area contributed by atoms with Crippen LogP contribution in [0.3, 0.4) is 0 Å². The topological polar surface area (TPSA) is 128 Å². The Morgan fingerprint density at radius 1 is 1.17 bits per heavy atom. The monoisotopic (exact) mass is 517 g/mol. The number of ketones is 1. The van der Waals surface area contributed by atoms with Gasteiger partial charge in [0, 0.05) is 35.6 Å². The first-order chi connectivity index (χ1) is 16.7. The Labute approximate surface area is 203 Å². The number of fused-ring (bicyclic) bond motifs is 1. The number of hydrogen-bond donors (Lipinski definition) is 4. The number of hydrogen-bond acceptors (Lipinski definition) is 6. The summed E-state index contributed by atoms with van der Waals surface area (Å²) in [5.41, 5.74) is -0.638. The van der Waals surface area contributed by atoms with Crippen LogP contribution in [-0.2, 0) is 10.0 Å². The molecule has 0 saturated carbocycles. The summed E-state index contributed by atoms with van der Waals surface area (Å²) < 4.78 is 57.5. The number of aromatic amines is 1. The Hall–Kier alpha value is -3.83. The average Bonchev–Trinajstić information content (AvgIpc) is 3.24. The fraction of sp³-hybridized carbons (Fsp3) is 0.0870. The van der Waals surface area contributed by atoms with Gasteiger partial charge in [0.2, 0.25) is 5.78 Å². The summed E-state index contributed by atoms with van der Waals surface area (Å²) in [7, 11) is -4.25. The van der Waals surface area contributed by atoms with Crippen LogP contribution < -0.4 is 10.0 Å². The summed E-state index contributed by atoms with van der Waals surface area (Å²) >= 11 is 5.93. The molecule has 0 atom stereocenters. The molecular formula is C23H18ClF2N5O3S. The van der Waals surface area contributed by atoms with Crippen molar-refractivity contribution in [3.8, 4) is 0 Å². The largest absolute Gasteiger partial charge is 0.385 e. The molecular weight excluding hydrogens is 500 g/mol. The highest BCUT2D eigenvalue weighted by Crippen LogP contribution is 2.29. The molecule has 2 heterocycles. The van der Waals surface area contributed by atoms with Gasteiger partial charge in [0.25, 0.3) is 10.0 Å². The van der Waals surface area contributed by atoms with Gasteiger partial charge in [0.1, 0.15) is 11.5 Å². The van der Waals surface area contributed by atoms with Gasteiger partial charge in [0.15, 0.2) is 5.82 Å². The molecule has 2 aromatic carbocycles. The van der Waals surface area contributed by atoms with Gasteiger partial charge < -0.3 is 15.7 Å². The number of nitrogens with zero attached hydrogens (tertiary/aromatic N) is 1. The van der Waals surface area contributed by atoms with Crippen molar-refractivity contribution >= 4 is 56.0 Å². The number of benzene rings is 2. The molecule has 0 unspecified atom stereocenters. The average molecular weight is 518 g/mol. The number of anilines is 2. The van der Waals surface area contributed by atoms with Crippen LogP contribution in [0.25, 0.3) is 11.0 Å². The van der Waals surface area contributed by atoms with E-state index < -0.39 is 38.7 Å². The predicted octanol–water partition coefficient (Wildman–Crippen LogP) is 4.98. The minimum absolute atomic E-state index is 0.0705. The summed E-state index contributed by atoms with van der Waals surface area (Å²) in [5, 5.41) is 10.5. The highest BCUT2D eigenvalue weighted by molar-refractivity contribution is 7.92. The van der Waals surface area contributed by atoms with Crippen molar-refractivity contribution in [1.29, 1.82) is 5.41 Å². The Kier molecular flexibility index (Phi) is 6.81. The Balaban J connectivity index is 1.64. The lowest BCUT2D eigenvalue weighted by atomic mass is 10.0. The van der Waals surface area contributed by atoms with E-state index in [2.05, 4.69) is 20.0 Å². The van der Waals surface area contributed by atoms with Gasteiger partial charge in [-0.1, -0.05) is 11.6 Å². The van der Waals surface area contributed by atoms with Gasteiger partial charge >= 0.3 is 0 Å². The molecule has 0 radical (unpaired) electrons. The summed E-state index contributed by atoms with van der Waals surface area (Å²) in [6.07, 6.45) is 4.36. The maximum atomic E-state index is 15.3. The van der Waals surface area contributed by atoms with Crippen molar-refractivity contribution in [2.75, 3.05) is 16.6 Å². The van der Waals surface area contributed by atoms with Crippen LogP contribution in [0.2, 0.25) is 5.02 Å². The number of sulfonamides is 1. The highest BCUT2D eigenvalue weighted by atomic mass is 35.5. The van der Waals surface area contributed by atoms with Gasteiger partial charge in [-0.3, -0.25) is 9.52 Å². The fourth-order valence-corrected chi connectivity index (χ4v) is 4.60. The molecule has 4 rings (SSSR count). The molecule has 0 aliphatic carbocycles. The van der Waals surface area contributed by atoms with Gasteiger partial charge in [-0.2, -0.15) is 0 Å². The third kappa shape index (κ3) is 5.00. The van der Waals surface area contributed by atoms with Crippen LogP contribution in [0.1, 0.15) is 22.3 Å². The third-order valence-electron chi connectivity index (χ3n) is 5.09. The van der Waals surface area contributed by atoms with E-state index in [0.29, 0.717) is 24.3 Å². The molecule has 0 aliphatic heterocycles. The lowest BCUT2D eigenvalue weighted by molar-refractivity contribution is 0.103. The standard InChI is InChI=1S/C23H18ClF2N5O3S/c24-13-10-16-17(12-30-23(16)29-11-13)22(32)20-18(25)6-7-19(21(20)26)31-35(33,34)15-4-2-14(3-5-15)28-9-1-8-27/h2-8,10-12,27-28,31H,1,9H2,(H,29,30). The summed E-state index contributed by atoms with van der Waals surface area (Å²) in [5.74, 6) is -3.51. The molecule has 35 heavy (non-hydrogen) atoms. The SMILES string of the molecule is N=CCCNc1ccc(S(=O)(=O)Nc2ccc(F)c(C(=O)c3c[nH]c4ncc(Cl)cc34)c2F)cc1. The number of carbonyl (C=O) groups excluding carboxylic acids is 1. The molecule has 0 fully saturated rings. The molecule has 0 amide bonds. The van der Waals surface area contributed by atoms with Gasteiger partial charge in [-0.15, -0.1) is 0 Å². The zero-order valence-corrected chi connectivity index (χ0v) is 19.5. The molecule has 0 spiro atoms. The van der Waals surface area contributed by atoms with Crippen LogP contribution in [0.15, 0.2) is 59.8 Å². The van der Waals surface area contributed by atoms with E-state index >= 15 is 4.39 Å². The first-order valence-electron chi connectivity index (χ1n) is 10.2. The van der Waals surface area contributed by atoms with Crippen molar-refractivity contribution in [1.82, 2.24) is 9.97 Å². The molecule has 0 saturated heterocycles. The molecule has 8 nitrogen and oxygen atoms in total. The van der Waals surface area contributed by atoms with Crippen molar-refractivity contribution < 1.29 is 22.0 Å². The number of pyridine rings is 1. The van der Waals surface area contributed by atoms with Crippen LogP contribution in [0, 0.1) is 17.0 Å². The van der Waals surface area contributed by atoms with E-state index in [0.717, 1.165) is 12.1 Å². The molecule has 0 bridgehead atoms. The Morgan fingerprint density at radius 3 is 2.63 bits per heavy atom. The van der Waals surface area contributed by atoms with Crippen molar-refractivity contribution in [3.63, 3.8) is 0 Å². The number of H-pyrrole nitrogens is 1. The minimum Gasteiger partial charge on any atom is -0.385 e. The van der Waals surface area contributed by atoms with Crippen molar-refractivity contribution in [3.05, 3.63) is 82.6 Å². The number of aromatic nitrogens is 2. The first-order valence-corrected chi connectivity index (χ1v) is 12.1. The maximum absolute atomic E-state index is 15.3. The second-order valence-electron chi connectivity index (χ2n) is 7.41. The number of carbonyl (C=O) groups is 1. The molecule has 4 N–H and O–H groups in total. The van der Waals surface area contributed by atoms with E-state index in [1.807, 2.05) is 0 Å². The van der Waals surface area contributed by atoms with Crippen LogP contribution in [0.5, 0.6) is 0 Å².